The van der Waals surface area contributed by atoms with Gasteiger partial charge in [0.25, 0.3) is 0 Å². The molecular weight excluding hydrogens is 420 g/mol. The highest BCUT2D eigenvalue weighted by Crippen LogP contribution is 2.23. The SMILES string of the molecule is CCCCCCCCCCCCOc1ccc(-c2ccc(OC(C)CCCCCC)cc2)nn1. The minimum atomic E-state index is 0.245. The van der Waals surface area contributed by atoms with Gasteiger partial charge in [-0.1, -0.05) is 90.9 Å². The minimum Gasteiger partial charge on any atom is -0.491 e. The lowest BCUT2D eigenvalue weighted by atomic mass is 10.1. The van der Waals surface area contributed by atoms with Crippen LogP contribution in [-0.2, 0) is 0 Å². The summed E-state index contributed by atoms with van der Waals surface area (Å²) in [6.07, 6.45) is 19.7. The van der Waals surface area contributed by atoms with Crippen molar-refractivity contribution < 1.29 is 9.47 Å². The monoisotopic (exact) mass is 468 g/mol. The molecule has 0 saturated carbocycles. The predicted molar refractivity (Wildman–Crippen MR) is 144 cm³/mol. The summed E-state index contributed by atoms with van der Waals surface area (Å²) < 4.78 is 11.8. The lowest BCUT2D eigenvalue weighted by Gasteiger charge is -2.15. The molecule has 1 aromatic carbocycles. The largest absolute Gasteiger partial charge is 0.491 e. The Morgan fingerprint density at radius 2 is 1.24 bits per heavy atom. The van der Waals surface area contributed by atoms with Gasteiger partial charge in [-0.2, -0.15) is 0 Å². The molecule has 0 aliphatic carbocycles. The Labute approximate surface area is 208 Å². The van der Waals surface area contributed by atoms with Gasteiger partial charge in [-0.3, -0.25) is 0 Å². The molecule has 0 radical (unpaired) electrons. The van der Waals surface area contributed by atoms with Crippen LogP contribution in [0.15, 0.2) is 36.4 Å². The first-order valence-corrected chi connectivity index (χ1v) is 14.0. The Kier molecular flexibility index (Phi) is 15.1. The van der Waals surface area contributed by atoms with Gasteiger partial charge in [-0.15, -0.1) is 10.2 Å². The molecule has 1 heterocycles. The van der Waals surface area contributed by atoms with Crippen molar-refractivity contribution in [3.8, 4) is 22.9 Å². The van der Waals surface area contributed by atoms with E-state index in [-0.39, 0.29) is 6.10 Å². The van der Waals surface area contributed by atoms with Gasteiger partial charge in [0.15, 0.2) is 0 Å². The lowest BCUT2D eigenvalue weighted by molar-refractivity contribution is 0.206. The molecule has 0 aliphatic rings. The second-order valence-electron chi connectivity index (χ2n) is 9.59. The van der Waals surface area contributed by atoms with Crippen molar-refractivity contribution in [2.45, 2.75) is 123 Å². The molecule has 34 heavy (non-hydrogen) atoms. The van der Waals surface area contributed by atoms with Gasteiger partial charge in [0, 0.05) is 11.6 Å². The van der Waals surface area contributed by atoms with E-state index >= 15 is 0 Å². The smallest absolute Gasteiger partial charge is 0.233 e. The zero-order valence-electron chi connectivity index (χ0n) is 22.1. The number of ether oxygens (including phenoxy) is 2. The van der Waals surface area contributed by atoms with Crippen LogP contribution < -0.4 is 9.47 Å². The summed E-state index contributed by atoms with van der Waals surface area (Å²) in [5.41, 5.74) is 1.89. The summed E-state index contributed by atoms with van der Waals surface area (Å²) in [5.74, 6) is 1.52. The Hall–Kier alpha value is -2.10. The van der Waals surface area contributed by atoms with Gasteiger partial charge in [0.05, 0.1) is 18.4 Å². The highest BCUT2D eigenvalue weighted by Gasteiger charge is 2.06. The second-order valence-corrected chi connectivity index (χ2v) is 9.59. The van der Waals surface area contributed by atoms with E-state index in [9.17, 15) is 0 Å². The molecule has 2 aromatic rings. The maximum Gasteiger partial charge on any atom is 0.233 e. The molecule has 0 N–H and O–H groups in total. The van der Waals surface area contributed by atoms with Crippen molar-refractivity contribution in [1.82, 2.24) is 10.2 Å². The molecule has 1 aromatic heterocycles. The molecule has 0 aliphatic heterocycles. The summed E-state index contributed by atoms with van der Waals surface area (Å²) in [4.78, 5) is 0. The summed E-state index contributed by atoms with van der Waals surface area (Å²) in [6, 6.07) is 12.0. The van der Waals surface area contributed by atoms with Crippen LogP contribution in [0.1, 0.15) is 117 Å². The van der Waals surface area contributed by atoms with E-state index in [2.05, 4.69) is 31.0 Å². The van der Waals surface area contributed by atoms with E-state index in [0.717, 1.165) is 29.8 Å². The van der Waals surface area contributed by atoms with Gasteiger partial charge in [-0.25, -0.2) is 0 Å². The average Bonchev–Trinajstić information content (AvgIpc) is 2.86. The molecule has 190 valence electrons. The van der Waals surface area contributed by atoms with Crippen LogP contribution in [0.25, 0.3) is 11.3 Å². The quantitative estimate of drug-likeness (QED) is 0.182. The van der Waals surface area contributed by atoms with Crippen molar-refractivity contribution in [2.24, 2.45) is 0 Å². The summed E-state index contributed by atoms with van der Waals surface area (Å²) >= 11 is 0. The first-order valence-electron chi connectivity index (χ1n) is 14.0. The van der Waals surface area contributed by atoms with E-state index in [1.807, 2.05) is 36.4 Å². The number of hydrogen-bond donors (Lipinski definition) is 0. The van der Waals surface area contributed by atoms with Crippen LogP contribution in [0.4, 0.5) is 0 Å². The zero-order valence-corrected chi connectivity index (χ0v) is 22.1. The predicted octanol–water partition coefficient (Wildman–Crippen LogP) is 9.18. The maximum atomic E-state index is 6.05. The van der Waals surface area contributed by atoms with Crippen molar-refractivity contribution in [3.63, 3.8) is 0 Å². The number of unbranched alkanes of at least 4 members (excludes halogenated alkanes) is 12. The Morgan fingerprint density at radius 1 is 0.647 bits per heavy atom. The van der Waals surface area contributed by atoms with Crippen LogP contribution in [0.2, 0.25) is 0 Å². The van der Waals surface area contributed by atoms with Crippen molar-refractivity contribution >= 4 is 0 Å². The molecule has 0 saturated heterocycles. The van der Waals surface area contributed by atoms with Gasteiger partial charge in [0.2, 0.25) is 5.88 Å². The summed E-state index contributed by atoms with van der Waals surface area (Å²) in [6.45, 7) is 7.38. The molecule has 0 bridgehead atoms. The average molecular weight is 469 g/mol. The van der Waals surface area contributed by atoms with Crippen LogP contribution in [0.5, 0.6) is 11.6 Å². The fourth-order valence-electron chi connectivity index (χ4n) is 4.17. The Bertz CT molecular complexity index is 730. The first-order chi connectivity index (χ1) is 16.7. The third kappa shape index (κ3) is 12.4. The van der Waals surface area contributed by atoms with E-state index in [0.29, 0.717) is 12.5 Å². The van der Waals surface area contributed by atoms with E-state index in [1.165, 1.54) is 83.5 Å². The van der Waals surface area contributed by atoms with Gasteiger partial charge >= 0.3 is 0 Å². The van der Waals surface area contributed by atoms with Crippen molar-refractivity contribution in [2.75, 3.05) is 6.61 Å². The molecule has 4 nitrogen and oxygen atoms in total. The molecule has 4 heteroatoms. The van der Waals surface area contributed by atoms with Gasteiger partial charge in [0.1, 0.15) is 5.75 Å². The third-order valence-electron chi connectivity index (χ3n) is 6.34. The van der Waals surface area contributed by atoms with Gasteiger partial charge < -0.3 is 9.47 Å². The highest BCUT2D eigenvalue weighted by molar-refractivity contribution is 5.59. The van der Waals surface area contributed by atoms with Crippen LogP contribution in [0.3, 0.4) is 0 Å². The standard InChI is InChI=1S/C30H48N2O2/c1-4-6-8-10-11-12-13-14-15-17-25-33-30-24-23-29(31-32-30)27-19-21-28(22-20-27)34-26(3)18-16-9-7-5-2/h19-24,26H,4-18,25H2,1-3H3. The number of aromatic nitrogens is 2. The molecule has 1 atom stereocenters. The molecule has 0 fully saturated rings. The molecular formula is C30H48N2O2. The summed E-state index contributed by atoms with van der Waals surface area (Å²) in [7, 11) is 0. The molecule has 1 unspecified atom stereocenters. The molecule has 2 rings (SSSR count). The fourth-order valence-corrected chi connectivity index (χ4v) is 4.17. The minimum absolute atomic E-state index is 0.245. The fraction of sp³-hybridized carbons (Fsp3) is 0.667. The van der Waals surface area contributed by atoms with Crippen LogP contribution in [0, 0.1) is 0 Å². The topological polar surface area (TPSA) is 44.2 Å². The van der Waals surface area contributed by atoms with E-state index in [4.69, 9.17) is 9.47 Å². The first kappa shape index (κ1) is 28.1. The van der Waals surface area contributed by atoms with Crippen molar-refractivity contribution in [3.05, 3.63) is 36.4 Å². The lowest BCUT2D eigenvalue weighted by Crippen LogP contribution is -2.11. The van der Waals surface area contributed by atoms with Crippen LogP contribution in [-0.4, -0.2) is 22.9 Å². The Balaban J connectivity index is 1.61. The third-order valence-corrected chi connectivity index (χ3v) is 6.34. The van der Waals surface area contributed by atoms with Crippen LogP contribution >= 0.6 is 0 Å². The van der Waals surface area contributed by atoms with Crippen molar-refractivity contribution in [1.29, 1.82) is 0 Å². The van der Waals surface area contributed by atoms with Gasteiger partial charge in [-0.05, 0) is 56.5 Å². The molecule has 0 amide bonds. The maximum absolute atomic E-state index is 6.05. The number of benzene rings is 1. The number of rotatable bonds is 20. The summed E-state index contributed by atoms with van der Waals surface area (Å²) in [5, 5.41) is 8.61. The highest BCUT2D eigenvalue weighted by atomic mass is 16.5. The molecule has 0 spiro atoms. The number of hydrogen-bond acceptors (Lipinski definition) is 4. The number of nitrogens with zero attached hydrogens (tertiary/aromatic N) is 2. The Morgan fingerprint density at radius 3 is 1.82 bits per heavy atom. The normalized spacial score (nSPS) is 12.0. The second kappa shape index (κ2) is 18.3. The zero-order chi connectivity index (χ0) is 24.3. The van der Waals surface area contributed by atoms with E-state index in [1.54, 1.807) is 0 Å². The van der Waals surface area contributed by atoms with E-state index < -0.39 is 0 Å².